The molecular formula is C18H25ClN4O2. The molecule has 136 valence electrons. The van der Waals surface area contributed by atoms with E-state index >= 15 is 0 Å². The van der Waals surface area contributed by atoms with Crippen LogP contribution in [-0.4, -0.2) is 35.9 Å². The molecule has 3 rings (SSSR count). The van der Waals surface area contributed by atoms with Gasteiger partial charge in [-0.05, 0) is 30.2 Å². The number of halogens is 1. The van der Waals surface area contributed by atoms with Gasteiger partial charge in [0.2, 0.25) is 5.91 Å². The Labute approximate surface area is 154 Å². The van der Waals surface area contributed by atoms with Crippen molar-refractivity contribution in [3.8, 4) is 0 Å². The number of carbonyl (C=O) groups is 1. The summed E-state index contributed by atoms with van der Waals surface area (Å²) in [7, 11) is 3.57. The number of carbonyl (C=O) groups excluding carboxylic acids is 1. The van der Waals surface area contributed by atoms with E-state index in [0.29, 0.717) is 6.54 Å². The average molecular weight is 365 g/mol. The first-order chi connectivity index (χ1) is 11.6. The summed E-state index contributed by atoms with van der Waals surface area (Å²) in [5.74, 6) is 0.0913. The van der Waals surface area contributed by atoms with Gasteiger partial charge in [0.25, 0.3) is 0 Å². The van der Waals surface area contributed by atoms with Gasteiger partial charge in [-0.25, -0.2) is 0 Å². The van der Waals surface area contributed by atoms with Crippen molar-refractivity contribution < 1.29 is 9.53 Å². The van der Waals surface area contributed by atoms with E-state index < -0.39 is 0 Å². The minimum atomic E-state index is -0.0993. The zero-order valence-corrected chi connectivity index (χ0v) is 15.5. The Morgan fingerprint density at radius 1 is 1.44 bits per heavy atom. The number of nitrogens with zero attached hydrogens (tertiary/aromatic N) is 2. The Hall–Kier alpha value is -1.89. The molecule has 0 radical (unpaired) electrons. The fourth-order valence-corrected chi connectivity index (χ4v) is 3.18. The maximum Gasteiger partial charge on any atom is 0.229 e. The summed E-state index contributed by atoms with van der Waals surface area (Å²) >= 11 is 0. The Kier molecular flexibility index (Phi) is 6.58. The molecule has 1 saturated heterocycles. The maximum absolute atomic E-state index is 12.7. The molecule has 0 bridgehead atoms. The molecule has 0 saturated carbocycles. The van der Waals surface area contributed by atoms with Gasteiger partial charge in [0.05, 0.1) is 18.2 Å². The lowest BCUT2D eigenvalue weighted by atomic mass is 9.90. The fraction of sp³-hybridized carbons (Fsp3) is 0.444. The van der Waals surface area contributed by atoms with Crippen molar-refractivity contribution in [2.45, 2.75) is 18.9 Å². The van der Waals surface area contributed by atoms with E-state index in [1.54, 1.807) is 11.8 Å². The molecule has 0 spiro atoms. The predicted octanol–water partition coefficient (Wildman–Crippen LogP) is 2.49. The van der Waals surface area contributed by atoms with Gasteiger partial charge >= 0.3 is 0 Å². The van der Waals surface area contributed by atoms with Crippen molar-refractivity contribution in [3.05, 3.63) is 47.8 Å². The molecule has 2 N–H and O–H groups in total. The van der Waals surface area contributed by atoms with E-state index in [4.69, 9.17) is 4.74 Å². The molecule has 1 unspecified atom stereocenters. The first kappa shape index (κ1) is 19.4. The molecule has 2 aromatic rings. The van der Waals surface area contributed by atoms with Crippen LogP contribution in [0, 0.1) is 5.92 Å². The Balaban J connectivity index is 0.00000225. The zero-order valence-electron chi connectivity index (χ0n) is 14.7. The summed E-state index contributed by atoms with van der Waals surface area (Å²) < 4.78 is 7.12. The molecule has 1 aromatic heterocycles. The maximum atomic E-state index is 12.7. The molecule has 0 aliphatic carbocycles. The Bertz CT molecular complexity index is 719. The second-order valence-corrected chi connectivity index (χ2v) is 6.31. The monoisotopic (exact) mass is 364 g/mol. The lowest BCUT2D eigenvalue weighted by Crippen LogP contribution is -2.28. The van der Waals surface area contributed by atoms with E-state index in [1.165, 1.54) is 0 Å². The van der Waals surface area contributed by atoms with E-state index in [9.17, 15) is 4.79 Å². The second kappa shape index (κ2) is 8.47. The van der Waals surface area contributed by atoms with Crippen LogP contribution in [0.3, 0.4) is 0 Å². The molecule has 25 heavy (non-hydrogen) atoms. The molecule has 1 amide bonds. The molecule has 1 aliphatic heterocycles. The van der Waals surface area contributed by atoms with Crippen LogP contribution < -0.4 is 10.6 Å². The highest BCUT2D eigenvalue weighted by molar-refractivity contribution is 5.93. The third-order valence-electron chi connectivity index (χ3n) is 4.68. The molecule has 7 heteroatoms. The lowest BCUT2D eigenvalue weighted by Gasteiger charge is -2.18. The number of rotatable bonds is 5. The third-order valence-corrected chi connectivity index (χ3v) is 4.68. The molecule has 2 heterocycles. The summed E-state index contributed by atoms with van der Waals surface area (Å²) in [5.41, 5.74) is 2.95. The van der Waals surface area contributed by atoms with Gasteiger partial charge in [0.1, 0.15) is 0 Å². The number of benzene rings is 1. The number of ether oxygens (including phenoxy) is 1. The van der Waals surface area contributed by atoms with Gasteiger partial charge in [-0.3, -0.25) is 9.48 Å². The zero-order chi connectivity index (χ0) is 17.1. The molecule has 1 aliphatic rings. The average Bonchev–Trinajstić information content (AvgIpc) is 3.22. The van der Waals surface area contributed by atoms with E-state index in [1.807, 2.05) is 50.6 Å². The number of aryl methyl sites for hydroxylation is 1. The minimum Gasteiger partial charge on any atom is -0.377 e. The van der Waals surface area contributed by atoms with Crippen molar-refractivity contribution >= 4 is 24.0 Å². The van der Waals surface area contributed by atoms with Crippen LogP contribution in [0.1, 0.15) is 30.1 Å². The van der Waals surface area contributed by atoms with Crippen LogP contribution in [0.4, 0.5) is 5.69 Å². The normalized spacial score (nSPS) is 20.8. The Morgan fingerprint density at radius 3 is 2.92 bits per heavy atom. The van der Waals surface area contributed by atoms with E-state index in [-0.39, 0.29) is 36.3 Å². The second-order valence-electron chi connectivity index (χ2n) is 6.31. The first-order valence-electron chi connectivity index (χ1n) is 8.21. The summed E-state index contributed by atoms with van der Waals surface area (Å²) in [4.78, 5) is 12.7. The number of amides is 1. The minimum absolute atomic E-state index is 0. The molecule has 1 fully saturated rings. The van der Waals surface area contributed by atoms with Crippen molar-refractivity contribution in [2.24, 2.45) is 13.0 Å². The van der Waals surface area contributed by atoms with Crippen LogP contribution in [0.15, 0.2) is 36.7 Å². The molecule has 3 atom stereocenters. The number of anilines is 1. The highest BCUT2D eigenvalue weighted by Crippen LogP contribution is 2.29. The lowest BCUT2D eigenvalue weighted by molar-refractivity contribution is -0.119. The molecular weight excluding hydrogens is 340 g/mol. The largest absolute Gasteiger partial charge is 0.377 e. The number of hydrogen-bond acceptors (Lipinski definition) is 4. The fourth-order valence-electron chi connectivity index (χ4n) is 3.18. The number of aromatic nitrogens is 2. The third kappa shape index (κ3) is 4.39. The summed E-state index contributed by atoms with van der Waals surface area (Å²) in [6.07, 6.45) is 3.83. The van der Waals surface area contributed by atoms with E-state index in [0.717, 1.165) is 23.4 Å². The smallest absolute Gasteiger partial charge is 0.229 e. The van der Waals surface area contributed by atoms with Crippen LogP contribution in [0.25, 0.3) is 0 Å². The Morgan fingerprint density at radius 2 is 2.24 bits per heavy atom. The SMILES string of the molecule is COC(C)c1cccc(NC(=O)[C@H]2CNC[C@@H]2c2cnn(C)c2)c1.Cl. The molecule has 6 nitrogen and oxygen atoms in total. The van der Waals surface area contributed by atoms with Crippen molar-refractivity contribution in [1.29, 1.82) is 0 Å². The quantitative estimate of drug-likeness (QED) is 0.855. The summed E-state index contributed by atoms with van der Waals surface area (Å²) in [6.45, 7) is 3.46. The van der Waals surface area contributed by atoms with Gasteiger partial charge < -0.3 is 15.4 Å². The summed E-state index contributed by atoms with van der Waals surface area (Å²) in [6, 6.07) is 7.81. The highest BCUT2D eigenvalue weighted by atomic mass is 35.5. The van der Waals surface area contributed by atoms with Gasteiger partial charge in [-0.1, -0.05) is 12.1 Å². The highest BCUT2D eigenvalue weighted by Gasteiger charge is 2.34. The topological polar surface area (TPSA) is 68.2 Å². The van der Waals surface area contributed by atoms with Crippen LogP contribution in [-0.2, 0) is 16.6 Å². The van der Waals surface area contributed by atoms with E-state index in [2.05, 4.69) is 15.7 Å². The van der Waals surface area contributed by atoms with Gasteiger partial charge in [0.15, 0.2) is 0 Å². The first-order valence-corrected chi connectivity index (χ1v) is 8.21. The standard InChI is InChI=1S/C18H24N4O2.ClH/c1-12(24-3)13-5-4-6-15(7-13)21-18(23)17-10-19-9-16(17)14-8-20-22(2)11-14;/h4-8,11-12,16-17,19H,9-10H2,1-3H3,(H,21,23);1H/t12?,16-,17+;/m1./s1. The van der Waals surface area contributed by atoms with Crippen molar-refractivity contribution in [1.82, 2.24) is 15.1 Å². The van der Waals surface area contributed by atoms with Gasteiger partial charge in [-0.2, -0.15) is 5.10 Å². The van der Waals surface area contributed by atoms with Crippen molar-refractivity contribution in [2.75, 3.05) is 25.5 Å². The molecule has 1 aromatic carbocycles. The van der Waals surface area contributed by atoms with Crippen molar-refractivity contribution in [3.63, 3.8) is 0 Å². The number of hydrogen-bond donors (Lipinski definition) is 2. The van der Waals surface area contributed by atoms with Crippen LogP contribution in [0.2, 0.25) is 0 Å². The van der Waals surface area contributed by atoms with Gasteiger partial charge in [-0.15, -0.1) is 12.4 Å². The van der Waals surface area contributed by atoms with Gasteiger partial charge in [0, 0.05) is 45.0 Å². The van der Waals surface area contributed by atoms with Crippen LogP contribution >= 0.6 is 12.4 Å². The number of methoxy groups -OCH3 is 1. The number of nitrogens with one attached hydrogen (secondary N) is 2. The predicted molar refractivity (Wildman–Crippen MR) is 100 cm³/mol. The van der Waals surface area contributed by atoms with Crippen LogP contribution in [0.5, 0.6) is 0 Å². The summed E-state index contributed by atoms with van der Waals surface area (Å²) in [5, 5.41) is 10.6.